The van der Waals surface area contributed by atoms with Crippen molar-refractivity contribution in [1.82, 2.24) is 0 Å². The van der Waals surface area contributed by atoms with Gasteiger partial charge in [0, 0.05) is 0 Å². The zero-order chi connectivity index (χ0) is 37.6. The van der Waals surface area contributed by atoms with Gasteiger partial charge in [0.1, 0.15) is 0 Å². The van der Waals surface area contributed by atoms with Gasteiger partial charge in [-0.1, -0.05) is 208 Å². The van der Waals surface area contributed by atoms with Crippen LogP contribution in [0.4, 0.5) is 0 Å². The van der Waals surface area contributed by atoms with Gasteiger partial charge in [0.25, 0.3) is 0 Å². The Morgan fingerprint density at radius 1 is 0.228 bits per heavy atom. The van der Waals surface area contributed by atoms with Gasteiger partial charge in [-0.25, -0.2) is 0 Å². The van der Waals surface area contributed by atoms with E-state index in [1.165, 1.54) is 109 Å². The number of hydrogen-bond acceptors (Lipinski definition) is 0. The van der Waals surface area contributed by atoms with Gasteiger partial charge in [0.05, 0.1) is 0 Å². The Morgan fingerprint density at radius 2 is 0.579 bits per heavy atom. The van der Waals surface area contributed by atoms with Crippen LogP contribution in [0.5, 0.6) is 0 Å². The molecule has 11 aromatic rings. The zero-order valence-electron chi connectivity index (χ0n) is 32.1. The average Bonchev–Trinajstić information content (AvgIpc) is 3.28. The van der Waals surface area contributed by atoms with Gasteiger partial charge in [-0.3, -0.25) is 0 Å². The standard InChI is InChI=1S/C54H34.C2H6.H2S/c1-3-13-35(14-4-1)41-21-11-23-45-47(41)29-31-49-51(45)33-39-17-7-9-19-43(39)53(49)37-25-27-38(28-26-37)54-44-20-10-8-18-40(44)34-52-46-24-12-22-42(36-15-5-2-6-16-36)48(46)30-32-50(52)54;1-2;/h1-34H;1-2H3;1H2. The smallest absolute Gasteiger partial charge is 0.00266 e. The minimum Gasteiger partial charge on any atom is -0.197 e. The third-order valence-electron chi connectivity index (χ3n) is 11.4. The van der Waals surface area contributed by atoms with Crippen LogP contribution in [0.15, 0.2) is 206 Å². The largest absolute Gasteiger partial charge is 0.197 e. The van der Waals surface area contributed by atoms with E-state index in [4.69, 9.17) is 0 Å². The second-order valence-electron chi connectivity index (χ2n) is 14.4. The van der Waals surface area contributed by atoms with E-state index in [-0.39, 0.29) is 13.5 Å². The van der Waals surface area contributed by atoms with Crippen LogP contribution in [0, 0.1) is 0 Å². The maximum Gasteiger partial charge on any atom is -0.00266 e. The molecule has 1 heteroatoms. The molecule has 0 atom stereocenters. The second kappa shape index (κ2) is 15.1. The third-order valence-corrected chi connectivity index (χ3v) is 11.4. The third kappa shape index (κ3) is 6.03. The van der Waals surface area contributed by atoms with Gasteiger partial charge in [0.15, 0.2) is 0 Å². The average molecular weight is 747 g/mol. The summed E-state index contributed by atoms with van der Waals surface area (Å²) in [7, 11) is 0. The van der Waals surface area contributed by atoms with Crippen LogP contribution < -0.4 is 0 Å². The fourth-order valence-corrected chi connectivity index (χ4v) is 8.98. The first kappa shape index (κ1) is 36.0. The summed E-state index contributed by atoms with van der Waals surface area (Å²) in [6.45, 7) is 4.00. The van der Waals surface area contributed by atoms with Crippen LogP contribution in [0.25, 0.3) is 109 Å². The van der Waals surface area contributed by atoms with E-state index in [2.05, 4.69) is 206 Å². The summed E-state index contributed by atoms with van der Waals surface area (Å²) in [6, 6.07) is 76.0. The topological polar surface area (TPSA) is 0 Å². The van der Waals surface area contributed by atoms with Crippen LogP contribution in [0.3, 0.4) is 0 Å². The molecule has 0 spiro atoms. The fourth-order valence-electron chi connectivity index (χ4n) is 8.98. The van der Waals surface area contributed by atoms with Gasteiger partial charge in [-0.05, 0) is 121 Å². The number of hydrogen-bond donors (Lipinski definition) is 0. The normalized spacial score (nSPS) is 11.2. The molecule has 0 amide bonds. The van der Waals surface area contributed by atoms with Crippen molar-refractivity contribution in [3.05, 3.63) is 206 Å². The first-order valence-electron chi connectivity index (χ1n) is 19.8. The summed E-state index contributed by atoms with van der Waals surface area (Å²) >= 11 is 0. The summed E-state index contributed by atoms with van der Waals surface area (Å²) in [5, 5.41) is 15.3. The van der Waals surface area contributed by atoms with Crippen molar-refractivity contribution in [3.8, 4) is 44.5 Å². The predicted molar refractivity (Wildman–Crippen MR) is 255 cm³/mol. The van der Waals surface area contributed by atoms with Crippen LogP contribution in [-0.2, 0) is 0 Å². The molecule has 0 N–H and O–H groups in total. The molecule has 11 rings (SSSR count). The summed E-state index contributed by atoms with van der Waals surface area (Å²) in [5.74, 6) is 0. The van der Waals surface area contributed by atoms with Gasteiger partial charge < -0.3 is 0 Å². The van der Waals surface area contributed by atoms with Crippen molar-refractivity contribution in [3.63, 3.8) is 0 Å². The maximum atomic E-state index is 2.38. The van der Waals surface area contributed by atoms with Crippen molar-refractivity contribution in [2.75, 3.05) is 0 Å². The van der Waals surface area contributed by atoms with E-state index in [1.807, 2.05) is 13.8 Å². The molecule has 0 aliphatic carbocycles. The zero-order valence-corrected chi connectivity index (χ0v) is 33.1. The lowest BCUT2D eigenvalue weighted by Gasteiger charge is -2.17. The highest BCUT2D eigenvalue weighted by molar-refractivity contribution is 7.59. The van der Waals surface area contributed by atoms with Gasteiger partial charge in [-0.2, -0.15) is 13.5 Å². The second-order valence-corrected chi connectivity index (χ2v) is 14.4. The molecule has 0 radical (unpaired) electrons. The van der Waals surface area contributed by atoms with Crippen molar-refractivity contribution in [2.45, 2.75) is 13.8 Å². The highest BCUT2D eigenvalue weighted by Crippen LogP contribution is 2.44. The van der Waals surface area contributed by atoms with E-state index >= 15 is 0 Å². The number of fused-ring (bicyclic) bond motifs is 8. The van der Waals surface area contributed by atoms with Crippen molar-refractivity contribution in [1.29, 1.82) is 0 Å². The molecule has 57 heavy (non-hydrogen) atoms. The summed E-state index contributed by atoms with van der Waals surface area (Å²) in [4.78, 5) is 0. The molecular weight excluding hydrogens is 705 g/mol. The Hall–Kier alpha value is -6.67. The van der Waals surface area contributed by atoms with Crippen molar-refractivity contribution >= 4 is 78.1 Å². The Balaban J connectivity index is 0.00000139. The maximum absolute atomic E-state index is 2.38. The summed E-state index contributed by atoms with van der Waals surface area (Å²) in [5.41, 5.74) is 10.0. The summed E-state index contributed by atoms with van der Waals surface area (Å²) in [6.07, 6.45) is 0. The van der Waals surface area contributed by atoms with Crippen LogP contribution in [0.2, 0.25) is 0 Å². The molecule has 0 heterocycles. The lowest BCUT2D eigenvalue weighted by atomic mass is 9.86. The lowest BCUT2D eigenvalue weighted by Crippen LogP contribution is -1.90. The first-order chi connectivity index (χ1) is 27.8. The monoisotopic (exact) mass is 746 g/mol. The molecule has 0 unspecified atom stereocenters. The molecule has 0 saturated heterocycles. The van der Waals surface area contributed by atoms with Gasteiger partial charge in [-0.15, -0.1) is 0 Å². The molecule has 0 nitrogen and oxygen atoms in total. The minimum absolute atomic E-state index is 0. The Kier molecular flexibility index (Phi) is 9.54. The van der Waals surface area contributed by atoms with Crippen molar-refractivity contribution in [2.24, 2.45) is 0 Å². The number of benzene rings is 11. The molecular formula is C56H42S. The Labute approximate surface area is 341 Å². The first-order valence-corrected chi connectivity index (χ1v) is 19.8. The fraction of sp³-hybridized carbons (Fsp3) is 0.0357. The quantitative estimate of drug-likeness (QED) is 0.124. The van der Waals surface area contributed by atoms with E-state index in [0.29, 0.717) is 0 Å². The number of rotatable bonds is 4. The minimum atomic E-state index is 0. The lowest BCUT2D eigenvalue weighted by molar-refractivity contribution is 1.50. The van der Waals surface area contributed by atoms with E-state index < -0.39 is 0 Å². The van der Waals surface area contributed by atoms with Crippen LogP contribution in [0.1, 0.15) is 13.8 Å². The Bertz CT molecular complexity index is 3010. The molecule has 0 aliphatic rings. The predicted octanol–water partition coefficient (Wildman–Crippen LogP) is 16.4. The van der Waals surface area contributed by atoms with Gasteiger partial charge in [0.2, 0.25) is 0 Å². The van der Waals surface area contributed by atoms with E-state index in [0.717, 1.165) is 0 Å². The molecule has 0 aromatic heterocycles. The Morgan fingerprint density at radius 3 is 1.00 bits per heavy atom. The highest BCUT2D eigenvalue weighted by Gasteiger charge is 2.17. The van der Waals surface area contributed by atoms with Crippen molar-refractivity contribution < 1.29 is 0 Å². The van der Waals surface area contributed by atoms with Crippen LogP contribution in [-0.4, -0.2) is 0 Å². The molecule has 0 bridgehead atoms. The summed E-state index contributed by atoms with van der Waals surface area (Å²) < 4.78 is 0. The molecule has 11 aromatic carbocycles. The molecule has 272 valence electrons. The molecule has 0 saturated carbocycles. The highest BCUT2D eigenvalue weighted by atomic mass is 32.1. The van der Waals surface area contributed by atoms with E-state index in [1.54, 1.807) is 0 Å². The molecule has 0 fully saturated rings. The SMILES string of the molecule is CC.S.c1ccc(-c2cccc3c2ccc2c(-c4ccc(-c5c6ccccc6cc6c5ccc5c(-c7ccccc7)cccc56)cc4)c4ccccc4cc23)cc1. The van der Waals surface area contributed by atoms with E-state index in [9.17, 15) is 0 Å². The van der Waals surface area contributed by atoms with Crippen LogP contribution >= 0.6 is 13.5 Å². The molecule has 0 aliphatic heterocycles. The van der Waals surface area contributed by atoms with Gasteiger partial charge >= 0.3 is 0 Å².